The molecule has 5 heteroatoms. The van der Waals surface area contributed by atoms with Gasteiger partial charge in [0, 0.05) is 16.9 Å². The van der Waals surface area contributed by atoms with Crippen LogP contribution in [0.2, 0.25) is 0 Å². The number of thioether (sulfide) groups is 1. The number of rotatable bonds is 3. The lowest BCUT2D eigenvalue weighted by atomic mass is 9.95. The minimum atomic E-state index is -0.185. The molecule has 1 amide bonds. The fourth-order valence-corrected chi connectivity index (χ4v) is 3.91. The Balaban J connectivity index is 1.94. The Morgan fingerprint density at radius 1 is 1.50 bits per heavy atom. The van der Waals surface area contributed by atoms with Gasteiger partial charge in [0.15, 0.2) is 0 Å². The van der Waals surface area contributed by atoms with E-state index in [2.05, 4.69) is 23.4 Å². The fourth-order valence-electron chi connectivity index (χ4n) is 2.41. The molecular weight excluding hydrogens is 290 g/mol. The molecule has 1 fully saturated rings. The van der Waals surface area contributed by atoms with Gasteiger partial charge in [-0.3, -0.25) is 4.79 Å². The van der Waals surface area contributed by atoms with Crippen molar-refractivity contribution >= 4 is 29.0 Å². The van der Waals surface area contributed by atoms with E-state index in [1.54, 1.807) is 0 Å². The molecule has 0 radical (unpaired) electrons. The highest BCUT2D eigenvalue weighted by atomic mass is 32.2. The van der Waals surface area contributed by atoms with Gasteiger partial charge >= 0.3 is 0 Å². The Kier molecular flexibility index (Phi) is 5.96. The molecular formula is C15H19NO2S2. The zero-order chi connectivity index (χ0) is 14.4. The van der Waals surface area contributed by atoms with Crippen molar-refractivity contribution in [3.8, 4) is 11.8 Å². The molecule has 108 valence electrons. The van der Waals surface area contributed by atoms with Crippen LogP contribution >= 0.6 is 23.1 Å². The Morgan fingerprint density at radius 3 is 2.90 bits per heavy atom. The summed E-state index contributed by atoms with van der Waals surface area (Å²) in [5, 5.41) is 14.5. The summed E-state index contributed by atoms with van der Waals surface area (Å²) in [6.45, 7) is -0.185. The topological polar surface area (TPSA) is 49.3 Å². The smallest absolute Gasteiger partial charge is 0.262 e. The third-order valence-corrected chi connectivity index (χ3v) is 5.57. The molecule has 0 unspecified atom stereocenters. The van der Waals surface area contributed by atoms with Crippen LogP contribution in [0.25, 0.3) is 0 Å². The molecule has 20 heavy (non-hydrogen) atoms. The van der Waals surface area contributed by atoms with Crippen molar-refractivity contribution in [3.05, 3.63) is 21.9 Å². The third-order valence-electron chi connectivity index (χ3n) is 3.52. The van der Waals surface area contributed by atoms with Crippen molar-refractivity contribution in [2.45, 2.75) is 37.0 Å². The third kappa shape index (κ3) is 4.02. The summed E-state index contributed by atoms with van der Waals surface area (Å²) < 4.78 is 0. The molecule has 0 aliphatic heterocycles. The molecule has 0 saturated heterocycles. The lowest BCUT2D eigenvalue weighted by molar-refractivity contribution is 0.0932. The summed E-state index contributed by atoms with van der Waals surface area (Å²) in [4.78, 5) is 12.9. The van der Waals surface area contributed by atoms with E-state index in [9.17, 15) is 4.79 Å². The lowest BCUT2D eigenvalue weighted by Crippen LogP contribution is -2.38. The van der Waals surface area contributed by atoms with Crippen LogP contribution in [-0.4, -0.2) is 35.2 Å². The van der Waals surface area contributed by atoms with Crippen LogP contribution < -0.4 is 5.32 Å². The van der Waals surface area contributed by atoms with Crippen LogP contribution in [0.4, 0.5) is 0 Å². The van der Waals surface area contributed by atoms with Gasteiger partial charge in [-0.2, -0.15) is 11.8 Å². The molecule has 1 aliphatic carbocycles. The molecule has 1 heterocycles. The second-order valence-electron chi connectivity index (χ2n) is 4.81. The number of aliphatic hydroxyl groups excluding tert-OH is 1. The Bertz CT molecular complexity index is 507. The summed E-state index contributed by atoms with van der Waals surface area (Å²) in [7, 11) is 0. The van der Waals surface area contributed by atoms with E-state index in [0.717, 1.165) is 18.1 Å². The molecule has 2 N–H and O–H groups in total. The summed E-state index contributed by atoms with van der Waals surface area (Å²) in [6.07, 6.45) is 6.61. The van der Waals surface area contributed by atoms with Gasteiger partial charge in [-0.15, -0.1) is 11.3 Å². The molecule has 3 nitrogen and oxygen atoms in total. The highest BCUT2D eigenvalue weighted by Crippen LogP contribution is 2.27. The van der Waals surface area contributed by atoms with Crippen LogP contribution in [0, 0.1) is 11.8 Å². The summed E-state index contributed by atoms with van der Waals surface area (Å²) in [5.74, 6) is 5.38. The monoisotopic (exact) mass is 309 g/mol. The predicted molar refractivity (Wildman–Crippen MR) is 85.3 cm³/mol. The van der Waals surface area contributed by atoms with Crippen molar-refractivity contribution in [2.75, 3.05) is 12.9 Å². The molecule has 1 aliphatic rings. The number of carbonyl (C=O) groups is 1. The van der Waals surface area contributed by atoms with E-state index >= 15 is 0 Å². The Labute approximate surface area is 128 Å². The number of nitrogens with one attached hydrogen (secondary N) is 1. The van der Waals surface area contributed by atoms with E-state index in [4.69, 9.17) is 5.11 Å². The maximum Gasteiger partial charge on any atom is 0.262 e. The van der Waals surface area contributed by atoms with Gasteiger partial charge in [-0.1, -0.05) is 11.8 Å². The molecule has 1 aromatic heterocycles. The molecule has 1 saturated carbocycles. The van der Waals surface area contributed by atoms with E-state index in [1.807, 2.05) is 23.2 Å². The number of hydrogen-bond acceptors (Lipinski definition) is 4. The van der Waals surface area contributed by atoms with Gasteiger partial charge < -0.3 is 10.4 Å². The number of hydrogen-bond donors (Lipinski definition) is 2. The van der Waals surface area contributed by atoms with Crippen molar-refractivity contribution in [1.29, 1.82) is 0 Å². The molecule has 0 atom stereocenters. The van der Waals surface area contributed by atoms with Crippen molar-refractivity contribution in [1.82, 2.24) is 5.32 Å². The first-order valence-electron chi connectivity index (χ1n) is 6.75. The van der Waals surface area contributed by atoms with Crippen LogP contribution in [0.5, 0.6) is 0 Å². The van der Waals surface area contributed by atoms with Crippen LogP contribution in [0.1, 0.15) is 40.9 Å². The van der Waals surface area contributed by atoms with Gasteiger partial charge in [-0.05, 0) is 43.4 Å². The first-order valence-corrected chi connectivity index (χ1v) is 8.92. The van der Waals surface area contributed by atoms with Crippen LogP contribution in [0.15, 0.2) is 11.4 Å². The first kappa shape index (κ1) is 15.4. The van der Waals surface area contributed by atoms with Gasteiger partial charge in [0.25, 0.3) is 5.91 Å². The summed E-state index contributed by atoms with van der Waals surface area (Å²) in [6, 6.07) is 2.11. The van der Waals surface area contributed by atoms with E-state index in [-0.39, 0.29) is 18.6 Å². The van der Waals surface area contributed by atoms with E-state index in [0.29, 0.717) is 10.4 Å². The molecule has 0 bridgehead atoms. The lowest BCUT2D eigenvalue weighted by Gasteiger charge is -2.27. The fraction of sp³-hybridized carbons (Fsp3) is 0.533. The maximum atomic E-state index is 12.3. The van der Waals surface area contributed by atoms with Crippen molar-refractivity contribution in [2.24, 2.45) is 0 Å². The highest BCUT2D eigenvalue weighted by Gasteiger charge is 2.23. The van der Waals surface area contributed by atoms with Crippen molar-refractivity contribution < 1.29 is 9.90 Å². The van der Waals surface area contributed by atoms with Gasteiger partial charge in [0.05, 0.1) is 0 Å². The minimum Gasteiger partial charge on any atom is -0.384 e. The number of aliphatic hydroxyl groups is 1. The maximum absolute atomic E-state index is 12.3. The predicted octanol–water partition coefficient (Wildman–Crippen LogP) is 2.50. The zero-order valence-corrected chi connectivity index (χ0v) is 13.1. The van der Waals surface area contributed by atoms with E-state index in [1.165, 1.54) is 24.2 Å². The molecule has 0 aromatic carbocycles. The number of carbonyl (C=O) groups excluding carboxylic acids is 1. The largest absolute Gasteiger partial charge is 0.384 e. The van der Waals surface area contributed by atoms with Crippen molar-refractivity contribution in [3.63, 3.8) is 0 Å². The minimum absolute atomic E-state index is 0.0326. The summed E-state index contributed by atoms with van der Waals surface area (Å²) in [5.41, 5.74) is 0.708. The van der Waals surface area contributed by atoms with E-state index < -0.39 is 0 Å². The highest BCUT2D eigenvalue weighted by molar-refractivity contribution is 7.99. The molecule has 1 aromatic rings. The van der Waals surface area contributed by atoms with Crippen LogP contribution in [-0.2, 0) is 0 Å². The normalized spacial score (nSPS) is 21.9. The van der Waals surface area contributed by atoms with Gasteiger partial charge in [0.2, 0.25) is 0 Å². The standard InChI is InChI=1S/C15H19NO2S2/c1-19-13-6-4-12(5-7-13)16-15(18)14-11(3-2-9-17)8-10-20-14/h8,10,12-13,17H,4-7,9H2,1H3,(H,16,18). The van der Waals surface area contributed by atoms with Gasteiger partial charge in [0.1, 0.15) is 11.5 Å². The Hall–Kier alpha value is -0.960. The van der Waals surface area contributed by atoms with Crippen LogP contribution in [0.3, 0.4) is 0 Å². The SMILES string of the molecule is CSC1CCC(NC(=O)c2sccc2C#CCO)CC1. The first-order chi connectivity index (χ1) is 9.74. The quantitative estimate of drug-likeness (QED) is 0.844. The average molecular weight is 309 g/mol. The second kappa shape index (κ2) is 7.72. The molecule has 0 spiro atoms. The number of thiophene rings is 1. The number of amides is 1. The summed E-state index contributed by atoms with van der Waals surface area (Å²) >= 11 is 3.32. The Morgan fingerprint density at radius 2 is 2.25 bits per heavy atom. The average Bonchev–Trinajstić information content (AvgIpc) is 2.94. The second-order valence-corrected chi connectivity index (χ2v) is 6.86. The van der Waals surface area contributed by atoms with Gasteiger partial charge in [-0.25, -0.2) is 0 Å². The zero-order valence-electron chi connectivity index (χ0n) is 11.5. The molecule has 2 rings (SSSR count).